The van der Waals surface area contributed by atoms with E-state index in [0.29, 0.717) is 24.0 Å². The molecule has 2 rings (SSSR count). The van der Waals surface area contributed by atoms with Gasteiger partial charge >= 0.3 is 6.09 Å². The molecule has 2 fully saturated rings. The van der Waals surface area contributed by atoms with Gasteiger partial charge in [0.15, 0.2) is 0 Å². The molecule has 0 spiro atoms. The molecule has 0 aromatic heterocycles. The lowest BCUT2D eigenvalue weighted by atomic mass is 9.98. The van der Waals surface area contributed by atoms with Gasteiger partial charge in [-0.25, -0.2) is 4.79 Å². The maximum Gasteiger partial charge on any atom is 0.410 e. The van der Waals surface area contributed by atoms with Crippen molar-refractivity contribution in [2.75, 3.05) is 19.8 Å². The van der Waals surface area contributed by atoms with Gasteiger partial charge in [0.2, 0.25) is 0 Å². The fraction of sp³-hybridized carbons (Fsp3) is 0.944. The second-order valence-electron chi connectivity index (χ2n) is 8.19. The standard InChI is InChI=1S/C18H34N2O3/c1-13(19-14(2)15-8-10-22-12-15)11-16-7-6-9-20(16)17(21)23-18(3,4)5/h13-16,19H,6-12H2,1-5H3. The summed E-state index contributed by atoms with van der Waals surface area (Å²) in [4.78, 5) is 14.3. The Morgan fingerprint density at radius 1 is 1.35 bits per heavy atom. The molecule has 0 aliphatic carbocycles. The van der Waals surface area contributed by atoms with Crippen LogP contribution in [0.1, 0.15) is 60.3 Å². The second kappa shape index (κ2) is 7.84. The Hall–Kier alpha value is -0.810. The highest BCUT2D eigenvalue weighted by atomic mass is 16.6. The Morgan fingerprint density at radius 2 is 2.09 bits per heavy atom. The molecule has 5 nitrogen and oxygen atoms in total. The van der Waals surface area contributed by atoms with E-state index in [0.717, 1.165) is 45.4 Å². The number of likely N-dealkylation sites (tertiary alicyclic amines) is 1. The quantitative estimate of drug-likeness (QED) is 0.843. The third-order valence-electron chi connectivity index (χ3n) is 4.85. The summed E-state index contributed by atoms with van der Waals surface area (Å²) in [6, 6.07) is 1.14. The molecule has 134 valence electrons. The normalized spacial score (nSPS) is 28.0. The van der Waals surface area contributed by atoms with Crippen LogP contribution in [0.3, 0.4) is 0 Å². The number of hydrogen-bond acceptors (Lipinski definition) is 4. The van der Waals surface area contributed by atoms with E-state index in [1.807, 2.05) is 25.7 Å². The molecule has 1 N–H and O–H groups in total. The molecule has 4 atom stereocenters. The second-order valence-corrected chi connectivity index (χ2v) is 8.19. The van der Waals surface area contributed by atoms with Gasteiger partial charge in [0.05, 0.1) is 6.61 Å². The summed E-state index contributed by atoms with van der Waals surface area (Å²) in [7, 11) is 0. The van der Waals surface area contributed by atoms with E-state index >= 15 is 0 Å². The fourth-order valence-electron chi connectivity index (χ4n) is 3.65. The first-order valence-corrected chi connectivity index (χ1v) is 9.09. The van der Waals surface area contributed by atoms with Crippen LogP contribution in [0.5, 0.6) is 0 Å². The van der Waals surface area contributed by atoms with Crippen LogP contribution in [-0.4, -0.2) is 54.5 Å². The van der Waals surface area contributed by atoms with Crippen LogP contribution in [0.2, 0.25) is 0 Å². The Balaban J connectivity index is 1.81. The first-order chi connectivity index (χ1) is 10.8. The Bertz CT molecular complexity index is 388. The number of rotatable bonds is 5. The van der Waals surface area contributed by atoms with Crippen molar-refractivity contribution in [2.24, 2.45) is 5.92 Å². The van der Waals surface area contributed by atoms with E-state index in [2.05, 4.69) is 19.2 Å². The van der Waals surface area contributed by atoms with Gasteiger partial charge in [-0.05, 0) is 66.2 Å². The van der Waals surface area contributed by atoms with Crippen LogP contribution < -0.4 is 5.32 Å². The molecule has 0 bridgehead atoms. The number of amides is 1. The maximum absolute atomic E-state index is 12.4. The van der Waals surface area contributed by atoms with Gasteiger partial charge in [-0.1, -0.05) is 0 Å². The van der Waals surface area contributed by atoms with Crippen LogP contribution in [0, 0.1) is 5.92 Å². The number of carbonyl (C=O) groups excluding carboxylic acids is 1. The smallest absolute Gasteiger partial charge is 0.410 e. The zero-order valence-electron chi connectivity index (χ0n) is 15.4. The molecule has 0 aromatic carbocycles. The minimum absolute atomic E-state index is 0.163. The SMILES string of the molecule is CC(CC1CCCN1C(=O)OC(C)(C)C)NC(C)C1CCOC1. The van der Waals surface area contributed by atoms with Crippen molar-refractivity contribution >= 4 is 6.09 Å². The highest BCUT2D eigenvalue weighted by Crippen LogP contribution is 2.25. The zero-order valence-corrected chi connectivity index (χ0v) is 15.4. The lowest BCUT2D eigenvalue weighted by molar-refractivity contribution is 0.0213. The van der Waals surface area contributed by atoms with Crippen molar-refractivity contribution in [3.63, 3.8) is 0 Å². The first kappa shape index (κ1) is 18.5. The molecule has 2 aliphatic heterocycles. The van der Waals surface area contributed by atoms with E-state index in [4.69, 9.17) is 9.47 Å². The predicted octanol–water partition coefficient (Wildman–Crippen LogP) is 3.18. The molecule has 2 heterocycles. The molecule has 4 unspecified atom stereocenters. The summed E-state index contributed by atoms with van der Waals surface area (Å²) in [5.41, 5.74) is -0.426. The van der Waals surface area contributed by atoms with Crippen LogP contribution in [0.25, 0.3) is 0 Å². The minimum atomic E-state index is -0.426. The summed E-state index contributed by atoms with van der Waals surface area (Å²) in [6.07, 6.45) is 4.12. The van der Waals surface area contributed by atoms with Crippen molar-refractivity contribution < 1.29 is 14.3 Å². The molecule has 1 amide bonds. The molecule has 5 heteroatoms. The Labute approximate surface area is 141 Å². The van der Waals surface area contributed by atoms with Gasteiger partial charge in [0.25, 0.3) is 0 Å². The molecule has 23 heavy (non-hydrogen) atoms. The number of carbonyl (C=O) groups is 1. The van der Waals surface area contributed by atoms with Gasteiger partial charge in [-0.3, -0.25) is 0 Å². The van der Waals surface area contributed by atoms with Crippen molar-refractivity contribution in [2.45, 2.75) is 84.0 Å². The molecule has 0 aromatic rings. The molecule has 2 aliphatic rings. The summed E-state index contributed by atoms with van der Waals surface area (Å²) in [5.74, 6) is 0.614. The summed E-state index contributed by atoms with van der Waals surface area (Å²) in [5, 5.41) is 3.70. The third kappa shape index (κ3) is 5.64. The molecule has 2 saturated heterocycles. The van der Waals surface area contributed by atoms with Crippen molar-refractivity contribution in [3.8, 4) is 0 Å². The fourth-order valence-corrected chi connectivity index (χ4v) is 3.65. The largest absolute Gasteiger partial charge is 0.444 e. The lowest BCUT2D eigenvalue weighted by Crippen LogP contribution is -2.45. The zero-order chi connectivity index (χ0) is 17.0. The minimum Gasteiger partial charge on any atom is -0.444 e. The average molecular weight is 326 g/mol. The first-order valence-electron chi connectivity index (χ1n) is 9.09. The molecule has 0 saturated carbocycles. The summed E-state index contributed by atoms with van der Waals surface area (Å²) < 4.78 is 11.0. The predicted molar refractivity (Wildman–Crippen MR) is 91.6 cm³/mol. The van der Waals surface area contributed by atoms with E-state index in [1.165, 1.54) is 0 Å². The monoisotopic (exact) mass is 326 g/mol. The molecule has 0 radical (unpaired) electrons. The Kier molecular flexibility index (Phi) is 6.32. The highest BCUT2D eigenvalue weighted by molar-refractivity contribution is 5.68. The number of hydrogen-bond donors (Lipinski definition) is 1. The average Bonchev–Trinajstić information content (AvgIpc) is 3.06. The van der Waals surface area contributed by atoms with Crippen molar-refractivity contribution in [3.05, 3.63) is 0 Å². The van der Waals surface area contributed by atoms with Crippen LogP contribution in [0.4, 0.5) is 4.79 Å². The van der Waals surface area contributed by atoms with Crippen LogP contribution in [0.15, 0.2) is 0 Å². The van der Waals surface area contributed by atoms with Crippen LogP contribution in [-0.2, 0) is 9.47 Å². The van der Waals surface area contributed by atoms with Crippen LogP contribution >= 0.6 is 0 Å². The number of ether oxygens (including phenoxy) is 2. The topological polar surface area (TPSA) is 50.8 Å². The van der Waals surface area contributed by atoms with Gasteiger partial charge in [0.1, 0.15) is 5.60 Å². The highest BCUT2D eigenvalue weighted by Gasteiger charge is 2.33. The maximum atomic E-state index is 12.4. The van der Waals surface area contributed by atoms with E-state index in [1.54, 1.807) is 0 Å². The van der Waals surface area contributed by atoms with E-state index in [9.17, 15) is 4.79 Å². The van der Waals surface area contributed by atoms with Gasteiger partial charge < -0.3 is 19.7 Å². The van der Waals surface area contributed by atoms with Crippen molar-refractivity contribution in [1.82, 2.24) is 10.2 Å². The van der Waals surface area contributed by atoms with Gasteiger partial charge in [-0.15, -0.1) is 0 Å². The molecular formula is C18H34N2O3. The Morgan fingerprint density at radius 3 is 2.70 bits per heavy atom. The van der Waals surface area contributed by atoms with Gasteiger partial charge in [-0.2, -0.15) is 0 Å². The van der Waals surface area contributed by atoms with E-state index < -0.39 is 5.60 Å². The third-order valence-corrected chi connectivity index (χ3v) is 4.85. The van der Waals surface area contributed by atoms with E-state index in [-0.39, 0.29) is 6.09 Å². The summed E-state index contributed by atoms with van der Waals surface area (Å²) >= 11 is 0. The van der Waals surface area contributed by atoms with Gasteiger partial charge in [0, 0.05) is 31.3 Å². The molecular weight excluding hydrogens is 292 g/mol. The number of nitrogens with one attached hydrogen (secondary N) is 1. The summed E-state index contributed by atoms with van der Waals surface area (Å²) in [6.45, 7) is 12.8. The lowest BCUT2D eigenvalue weighted by Gasteiger charge is -2.31. The van der Waals surface area contributed by atoms with Crippen molar-refractivity contribution in [1.29, 1.82) is 0 Å². The number of nitrogens with zero attached hydrogens (tertiary/aromatic N) is 1.